The number of rotatable bonds is 7. The van der Waals surface area contributed by atoms with Gasteiger partial charge in [-0.15, -0.1) is 0 Å². The van der Waals surface area contributed by atoms with E-state index in [0.29, 0.717) is 25.4 Å². The van der Waals surface area contributed by atoms with Crippen molar-refractivity contribution >= 4 is 17.8 Å². The Balaban J connectivity index is 1.31. The lowest BCUT2D eigenvalue weighted by Gasteiger charge is -2.33. The summed E-state index contributed by atoms with van der Waals surface area (Å²) in [6, 6.07) is 19.8. The summed E-state index contributed by atoms with van der Waals surface area (Å²) < 4.78 is 11.3. The van der Waals surface area contributed by atoms with Gasteiger partial charge in [0, 0.05) is 25.7 Å². The van der Waals surface area contributed by atoms with E-state index in [1.807, 2.05) is 47.4 Å². The summed E-state index contributed by atoms with van der Waals surface area (Å²) in [6.45, 7) is 4.15. The Morgan fingerprint density at radius 2 is 2.00 bits per heavy atom. The number of hydrogen-bond donors (Lipinski definition) is 1. The smallest absolute Gasteiger partial charge is 0.321 e. The van der Waals surface area contributed by atoms with Crippen molar-refractivity contribution in [3.8, 4) is 11.5 Å². The second kappa shape index (κ2) is 11.4. The molecule has 4 rings (SSSR count). The minimum absolute atomic E-state index is 0.0784. The van der Waals surface area contributed by atoms with Gasteiger partial charge >= 0.3 is 6.03 Å². The van der Waals surface area contributed by atoms with Gasteiger partial charge in [-0.25, -0.2) is 4.79 Å². The number of carbonyl (C=O) groups is 1. The SMILES string of the molecule is COc1cccc(CCOc2cccc(/C=C3\CCN(C(=O)Nc4cccnc4)CC3C)c2)c1. The minimum atomic E-state index is -0.0784. The Hall–Kier alpha value is -3.80. The molecular weight excluding hydrogens is 426 g/mol. The molecule has 34 heavy (non-hydrogen) atoms. The van der Waals surface area contributed by atoms with Gasteiger partial charge < -0.3 is 19.7 Å². The van der Waals surface area contributed by atoms with Crippen molar-refractivity contribution in [3.05, 3.63) is 89.8 Å². The van der Waals surface area contributed by atoms with Crippen LogP contribution in [0.2, 0.25) is 0 Å². The van der Waals surface area contributed by atoms with Crippen LogP contribution < -0.4 is 14.8 Å². The normalized spacial score (nSPS) is 16.8. The van der Waals surface area contributed by atoms with Crippen molar-refractivity contribution in [3.63, 3.8) is 0 Å². The fourth-order valence-corrected chi connectivity index (χ4v) is 4.11. The quantitative estimate of drug-likeness (QED) is 0.497. The molecule has 2 heterocycles. The first-order chi connectivity index (χ1) is 16.6. The zero-order valence-corrected chi connectivity index (χ0v) is 19.7. The number of ether oxygens (including phenoxy) is 2. The van der Waals surface area contributed by atoms with E-state index in [0.717, 1.165) is 29.9 Å². The summed E-state index contributed by atoms with van der Waals surface area (Å²) in [4.78, 5) is 18.5. The number of anilines is 1. The molecule has 1 aromatic heterocycles. The van der Waals surface area contributed by atoms with E-state index in [9.17, 15) is 4.79 Å². The molecule has 1 aliphatic rings. The molecule has 1 unspecified atom stereocenters. The Morgan fingerprint density at radius 3 is 2.79 bits per heavy atom. The van der Waals surface area contributed by atoms with Gasteiger partial charge in [-0.2, -0.15) is 0 Å². The highest BCUT2D eigenvalue weighted by atomic mass is 16.5. The van der Waals surface area contributed by atoms with Crippen LogP contribution in [0.1, 0.15) is 24.5 Å². The summed E-state index contributed by atoms with van der Waals surface area (Å²) in [7, 11) is 1.68. The first-order valence-corrected chi connectivity index (χ1v) is 11.6. The van der Waals surface area contributed by atoms with Crippen LogP contribution in [0.3, 0.4) is 0 Å². The van der Waals surface area contributed by atoms with Crippen molar-refractivity contribution in [1.82, 2.24) is 9.88 Å². The third kappa shape index (κ3) is 6.38. The maximum Gasteiger partial charge on any atom is 0.321 e. The monoisotopic (exact) mass is 457 g/mol. The Kier molecular flexibility index (Phi) is 7.81. The van der Waals surface area contributed by atoms with Crippen LogP contribution in [0.5, 0.6) is 11.5 Å². The number of likely N-dealkylation sites (tertiary alicyclic amines) is 1. The predicted molar refractivity (Wildman–Crippen MR) is 135 cm³/mol. The summed E-state index contributed by atoms with van der Waals surface area (Å²) >= 11 is 0. The van der Waals surface area contributed by atoms with Gasteiger partial charge in [0.15, 0.2) is 0 Å². The van der Waals surface area contributed by atoms with Crippen molar-refractivity contribution in [2.75, 3.05) is 32.1 Å². The molecule has 0 aliphatic carbocycles. The van der Waals surface area contributed by atoms with E-state index in [4.69, 9.17) is 9.47 Å². The summed E-state index contributed by atoms with van der Waals surface area (Å²) in [6.07, 6.45) is 7.24. The predicted octanol–water partition coefficient (Wildman–Crippen LogP) is 5.67. The third-order valence-electron chi connectivity index (χ3n) is 6.00. The molecule has 0 radical (unpaired) electrons. The van der Waals surface area contributed by atoms with Crippen molar-refractivity contribution in [2.45, 2.75) is 19.8 Å². The highest BCUT2D eigenvalue weighted by molar-refractivity contribution is 5.89. The molecule has 6 nitrogen and oxygen atoms in total. The Bertz CT molecular complexity index is 1130. The number of nitrogens with zero attached hydrogens (tertiary/aromatic N) is 2. The number of nitrogens with one attached hydrogen (secondary N) is 1. The Labute approximate surface area is 201 Å². The summed E-state index contributed by atoms with van der Waals surface area (Å²) in [5.74, 6) is 2.00. The van der Waals surface area contributed by atoms with Crippen LogP contribution in [-0.4, -0.2) is 42.7 Å². The molecule has 176 valence electrons. The minimum Gasteiger partial charge on any atom is -0.497 e. The second-order valence-electron chi connectivity index (χ2n) is 8.51. The van der Waals surface area contributed by atoms with Crippen LogP contribution in [0.15, 0.2) is 78.6 Å². The fourth-order valence-electron chi connectivity index (χ4n) is 4.11. The maximum absolute atomic E-state index is 12.6. The highest BCUT2D eigenvalue weighted by Gasteiger charge is 2.24. The molecule has 6 heteroatoms. The molecule has 2 aromatic carbocycles. The zero-order valence-electron chi connectivity index (χ0n) is 19.7. The van der Waals surface area contributed by atoms with Gasteiger partial charge in [-0.3, -0.25) is 4.98 Å². The molecule has 3 aromatic rings. The van der Waals surface area contributed by atoms with Crippen LogP contribution in [-0.2, 0) is 6.42 Å². The number of benzene rings is 2. The first-order valence-electron chi connectivity index (χ1n) is 11.6. The average Bonchev–Trinajstić information content (AvgIpc) is 2.86. The number of pyridine rings is 1. The lowest BCUT2D eigenvalue weighted by Crippen LogP contribution is -2.42. The van der Waals surface area contributed by atoms with Crippen LogP contribution in [0, 0.1) is 5.92 Å². The molecule has 2 amide bonds. The van der Waals surface area contributed by atoms with E-state index in [-0.39, 0.29) is 11.9 Å². The molecule has 1 atom stereocenters. The molecule has 1 saturated heterocycles. The van der Waals surface area contributed by atoms with Crippen LogP contribution in [0.4, 0.5) is 10.5 Å². The van der Waals surface area contributed by atoms with Gasteiger partial charge in [0.25, 0.3) is 0 Å². The molecule has 1 N–H and O–H groups in total. The van der Waals surface area contributed by atoms with Gasteiger partial charge in [-0.1, -0.05) is 42.8 Å². The number of amides is 2. The molecule has 0 saturated carbocycles. The largest absolute Gasteiger partial charge is 0.497 e. The van der Waals surface area contributed by atoms with Gasteiger partial charge in [0.1, 0.15) is 11.5 Å². The summed E-state index contributed by atoms with van der Waals surface area (Å²) in [5, 5.41) is 2.92. The average molecular weight is 458 g/mol. The van der Waals surface area contributed by atoms with E-state index in [2.05, 4.69) is 41.5 Å². The van der Waals surface area contributed by atoms with Gasteiger partial charge in [0.2, 0.25) is 0 Å². The molecule has 1 fully saturated rings. The molecule has 1 aliphatic heterocycles. The van der Waals surface area contributed by atoms with E-state index in [1.165, 1.54) is 11.1 Å². The first kappa shape index (κ1) is 23.4. The third-order valence-corrected chi connectivity index (χ3v) is 6.00. The fraction of sp³-hybridized carbons (Fsp3) is 0.286. The van der Waals surface area contributed by atoms with E-state index < -0.39 is 0 Å². The lowest BCUT2D eigenvalue weighted by atomic mass is 9.91. The number of carbonyl (C=O) groups excluding carboxylic acids is 1. The highest BCUT2D eigenvalue weighted by Crippen LogP contribution is 2.26. The standard InChI is InChI=1S/C28H31N3O3/c1-21-20-31(28(32)30-25-8-5-13-29-19-25)14-11-24(21)16-23-7-4-10-27(18-23)34-15-12-22-6-3-9-26(17-22)33-2/h3-10,13,16-19,21H,11-12,14-15,20H2,1-2H3,(H,30,32)/b24-16+. The number of urea groups is 1. The van der Waals surface area contributed by atoms with Gasteiger partial charge in [0.05, 0.1) is 25.6 Å². The zero-order chi connectivity index (χ0) is 23.8. The van der Waals surface area contributed by atoms with Crippen molar-refractivity contribution < 1.29 is 14.3 Å². The van der Waals surface area contributed by atoms with E-state index in [1.54, 1.807) is 19.5 Å². The second-order valence-corrected chi connectivity index (χ2v) is 8.51. The molecule has 0 spiro atoms. The van der Waals surface area contributed by atoms with Crippen LogP contribution in [0.25, 0.3) is 6.08 Å². The maximum atomic E-state index is 12.6. The van der Waals surface area contributed by atoms with Crippen LogP contribution >= 0.6 is 0 Å². The molecular formula is C28H31N3O3. The Morgan fingerprint density at radius 1 is 1.15 bits per heavy atom. The lowest BCUT2D eigenvalue weighted by molar-refractivity contribution is 0.198. The van der Waals surface area contributed by atoms with Crippen molar-refractivity contribution in [2.24, 2.45) is 5.92 Å². The number of hydrogen-bond acceptors (Lipinski definition) is 4. The molecule has 0 bridgehead atoms. The topological polar surface area (TPSA) is 63.7 Å². The van der Waals surface area contributed by atoms with Crippen molar-refractivity contribution in [1.29, 1.82) is 0 Å². The summed E-state index contributed by atoms with van der Waals surface area (Å²) in [5.41, 5.74) is 4.36. The number of aromatic nitrogens is 1. The van der Waals surface area contributed by atoms with E-state index >= 15 is 0 Å². The number of methoxy groups -OCH3 is 1. The number of piperidine rings is 1. The van der Waals surface area contributed by atoms with Gasteiger partial charge in [-0.05, 0) is 59.9 Å².